The Bertz CT molecular complexity index is 875. The molecule has 1 saturated heterocycles. The molecule has 1 unspecified atom stereocenters. The quantitative estimate of drug-likeness (QED) is 0.707. The van der Waals surface area contributed by atoms with E-state index in [9.17, 15) is 15.0 Å². The van der Waals surface area contributed by atoms with Gasteiger partial charge in [0.25, 0.3) is 0 Å². The molecule has 0 aromatic carbocycles. The predicted octanol–water partition coefficient (Wildman–Crippen LogP) is 3.23. The van der Waals surface area contributed by atoms with Crippen LogP contribution in [0.1, 0.15) is 70.3 Å². The number of aliphatic hydroxyl groups excluding tert-OH is 2. The molecule has 2 heterocycles. The number of ether oxygens (including phenoxy) is 1. The van der Waals surface area contributed by atoms with Crippen LogP contribution in [0.25, 0.3) is 0 Å². The molecule has 158 valence electrons. The molecule has 10 atom stereocenters. The molecule has 4 saturated carbocycles. The maximum absolute atomic E-state index is 11.5. The molecule has 0 radical (unpaired) electrons. The highest BCUT2D eigenvalue weighted by molar-refractivity contribution is 5.38. The number of rotatable bonds is 1. The molecule has 1 aromatic rings. The number of aliphatic hydroxyl groups is 2. The van der Waals surface area contributed by atoms with Gasteiger partial charge in [0.15, 0.2) is 0 Å². The highest BCUT2D eigenvalue weighted by Gasteiger charge is 2.83. The first-order chi connectivity index (χ1) is 13.8. The van der Waals surface area contributed by atoms with Crippen LogP contribution >= 0.6 is 0 Å². The van der Waals surface area contributed by atoms with Crippen molar-refractivity contribution in [1.82, 2.24) is 0 Å². The highest BCUT2D eigenvalue weighted by Crippen LogP contribution is 2.77. The molecule has 0 bridgehead atoms. The summed E-state index contributed by atoms with van der Waals surface area (Å²) in [4.78, 5) is 11.5. The van der Waals surface area contributed by atoms with Gasteiger partial charge in [-0.15, -0.1) is 0 Å². The summed E-state index contributed by atoms with van der Waals surface area (Å²) in [5.74, 6) is 1.63. The van der Waals surface area contributed by atoms with Gasteiger partial charge in [-0.25, -0.2) is 4.79 Å². The topological polar surface area (TPSA) is 83.2 Å². The van der Waals surface area contributed by atoms with Crippen molar-refractivity contribution >= 4 is 0 Å². The van der Waals surface area contributed by atoms with Crippen molar-refractivity contribution in [3.05, 3.63) is 34.4 Å². The molecule has 5 fully saturated rings. The fourth-order valence-electron chi connectivity index (χ4n) is 8.81. The van der Waals surface area contributed by atoms with Gasteiger partial charge < -0.3 is 19.4 Å². The lowest BCUT2D eigenvalue weighted by atomic mass is 9.44. The van der Waals surface area contributed by atoms with Crippen LogP contribution in [0.5, 0.6) is 0 Å². The molecular formula is C24H32O5. The maximum atomic E-state index is 11.5. The molecule has 4 aliphatic carbocycles. The van der Waals surface area contributed by atoms with Crippen molar-refractivity contribution in [1.29, 1.82) is 0 Å². The normalized spacial score (nSPS) is 55.4. The average Bonchev–Trinajstić information content (AvgIpc) is 3.40. The van der Waals surface area contributed by atoms with Gasteiger partial charge in [-0.3, -0.25) is 0 Å². The molecule has 1 spiro atoms. The summed E-state index contributed by atoms with van der Waals surface area (Å²) in [6, 6.07) is 3.30. The standard InChI is InChI=1S/C24H32O5/c1-22-9-7-15(25)11-14(22)4-5-17-16(22)8-10-23(2)19(13-3-6-18(26)28-12-13)20(27)21-24(17,23)29-21/h3,6,12,14-17,19-21,25,27H,4-5,7-11H2,1-2H3/t14?,15-,16-,17+,19-,20+,21+,22-,23+,24+/m1/s1. The zero-order chi connectivity index (χ0) is 20.2. The van der Waals surface area contributed by atoms with Crippen molar-refractivity contribution in [3.63, 3.8) is 0 Å². The molecule has 5 aliphatic rings. The number of fused-ring (bicyclic) bond motifs is 3. The smallest absolute Gasteiger partial charge is 0.335 e. The molecule has 5 heteroatoms. The summed E-state index contributed by atoms with van der Waals surface area (Å²) in [6.45, 7) is 4.76. The fourth-order valence-corrected chi connectivity index (χ4v) is 8.81. The Morgan fingerprint density at radius 3 is 2.62 bits per heavy atom. The molecule has 5 nitrogen and oxygen atoms in total. The molecular weight excluding hydrogens is 368 g/mol. The van der Waals surface area contributed by atoms with Crippen LogP contribution in [0.3, 0.4) is 0 Å². The van der Waals surface area contributed by atoms with Gasteiger partial charge in [0.1, 0.15) is 11.7 Å². The van der Waals surface area contributed by atoms with Gasteiger partial charge in [-0.2, -0.15) is 0 Å². The first-order valence-corrected chi connectivity index (χ1v) is 11.4. The van der Waals surface area contributed by atoms with Gasteiger partial charge in [-0.1, -0.05) is 13.8 Å². The van der Waals surface area contributed by atoms with Gasteiger partial charge in [0.05, 0.1) is 18.5 Å². The van der Waals surface area contributed by atoms with E-state index in [-0.39, 0.29) is 40.2 Å². The Balaban J connectivity index is 1.38. The summed E-state index contributed by atoms with van der Waals surface area (Å²) < 4.78 is 11.6. The zero-order valence-electron chi connectivity index (χ0n) is 17.3. The van der Waals surface area contributed by atoms with Crippen LogP contribution in [0.4, 0.5) is 0 Å². The van der Waals surface area contributed by atoms with Gasteiger partial charge in [0.2, 0.25) is 0 Å². The summed E-state index contributed by atoms with van der Waals surface area (Å²) >= 11 is 0. The Hall–Kier alpha value is -1.17. The minimum absolute atomic E-state index is 0.0507. The molecule has 6 rings (SSSR count). The second kappa shape index (κ2) is 5.74. The third kappa shape index (κ3) is 2.14. The Morgan fingerprint density at radius 2 is 1.86 bits per heavy atom. The largest absolute Gasteiger partial charge is 0.431 e. The number of hydrogen-bond donors (Lipinski definition) is 2. The summed E-state index contributed by atoms with van der Waals surface area (Å²) in [6.07, 6.45) is 8.19. The summed E-state index contributed by atoms with van der Waals surface area (Å²) in [5.41, 5.74) is 0.457. The molecule has 2 N–H and O–H groups in total. The first-order valence-electron chi connectivity index (χ1n) is 11.4. The molecule has 1 aromatic heterocycles. The number of hydrogen-bond acceptors (Lipinski definition) is 5. The van der Waals surface area contributed by atoms with E-state index in [1.807, 2.05) is 6.07 Å². The van der Waals surface area contributed by atoms with E-state index < -0.39 is 6.10 Å². The van der Waals surface area contributed by atoms with E-state index in [4.69, 9.17) is 9.15 Å². The van der Waals surface area contributed by atoms with Crippen molar-refractivity contribution in [2.24, 2.45) is 28.6 Å². The van der Waals surface area contributed by atoms with Crippen molar-refractivity contribution in [2.45, 2.75) is 88.6 Å². The molecule has 1 aliphatic heterocycles. The van der Waals surface area contributed by atoms with E-state index in [0.29, 0.717) is 17.8 Å². The van der Waals surface area contributed by atoms with Crippen LogP contribution in [-0.2, 0) is 4.74 Å². The monoisotopic (exact) mass is 400 g/mol. The summed E-state index contributed by atoms with van der Waals surface area (Å²) in [5, 5.41) is 21.5. The van der Waals surface area contributed by atoms with Crippen LogP contribution in [-0.4, -0.2) is 34.1 Å². The Kier molecular flexibility index (Phi) is 3.68. The second-order valence-electron chi connectivity index (χ2n) is 11.1. The highest BCUT2D eigenvalue weighted by atomic mass is 16.6. The Labute approximate surface area is 171 Å². The van der Waals surface area contributed by atoms with Crippen molar-refractivity contribution in [2.75, 3.05) is 0 Å². The van der Waals surface area contributed by atoms with Crippen molar-refractivity contribution < 1.29 is 19.4 Å². The van der Waals surface area contributed by atoms with E-state index in [1.54, 1.807) is 6.26 Å². The van der Waals surface area contributed by atoms with Crippen LogP contribution in [0.2, 0.25) is 0 Å². The minimum atomic E-state index is -0.551. The fraction of sp³-hybridized carbons (Fsp3) is 0.792. The minimum Gasteiger partial charge on any atom is -0.431 e. The van der Waals surface area contributed by atoms with Gasteiger partial charge in [0, 0.05) is 17.4 Å². The third-order valence-electron chi connectivity index (χ3n) is 10.2. The lowest BCUT2D eigenvalue weighted by Crippen LogP contribution is -2.58. The van der Waals surface area contributed by atoms with E-state index in [0.717, 1.165) is 50.5 Å². The average molecular weight is 401 g/mol. The Morgan fingerprint density at radius 1 is 1.03 bits per heavy atom. The maximum Gasteiger partial charge on any atom is 0.335 e. The second-order valence-corrected chi connectivity index (χ2v) is 11.1. The zero-order valence-corrected chi connectivity index (χ0v) is 17.3. The van der Waals surface area contributed by atoms with E-state index >= 15 is 0 Å². The predicted molar refractivity (Wildman–Crippen MR) is 106 cm³/mol. The van der Waals surface area contributed by atoms with Crippen LogP contribution < -0.4 is 5.63 Å². The SMILES string of the molecule is C[C@@]12CC[C@@H]3[C@H](CCC4C[C@H](O)CC[C@]43C)[C@@]13O[C@H]3[C@@H](O)[C@H]2c1ccc(=O)oc1. The molecule has 0 amide bonds. The molecule has 29 heavy (non-hydrogen) atoms. The van der Waals surface area contributed by atoms with Crippen molar-refractivity contribution in [3.8, 4) is 0 Å². The van der Waals surface area contributed by atoms with Crippen LogP contribution in [0.15, 0.2) is 27.6 Å². The lowest BCUT2D eigenvalue weighted by Gasteiger charge is -2.61. The van der Waals surface area contributed by atoms with Gasteiger partial charge in [-0.05, 0) is 79.7 Å². The van der Waals surface area contributed by atoms with Crippen LogP contribution in [0, 0.1) is 28.6 Å². The lowest BCUT2D eigenvalue weighted by molar-refractivity contribution is -0.143. The summed E-state index contributed by atoms with van der Waals surface area (Å²) in [7, 11) is 0. The van der Waals surface area contributed by atoms with Gasteiger partial charge >= 0.3 is 5.63 Å². The van der Waals surface area contributed by atoms with E-state index in [2.05, 4.69) is 13.8 Å². The number of epoxide rings is 1. The first kappa shape index (κ1) is 18.6. The third-order valence-corrected chi connectivity index (χ3v) is 10.2. The van der Waals surface area contributed by atoms with E-state index in [1.165, 1.54) is 6.07 Å².